The summed E-state index contributed by atoms with van der Waals surface area (Å²) < 4.78 is 27.2. The van der Waals surface area contributed by atoms with E-state index in [9.17, 15) is 9.18 Å². The van der Waals surface area contributed by atoms with Gasteiger partial charge in [-0.15, -0.1) is 0 Å². The van der Waals surface area contributed by atoms with Crippen LogP contribution in [0.2, 0.25) is 0 Å². The van der Waals surface area contributed by atoms with Crippen molar-refractivity contribution in [2.45, 2.75) is 84.9 Å². The first kappa shape index (κ1) is 35.5. The molecule has 1 amide bonds. The molecule has 1 saturated heterocycles. The molecule has 0 bridgehead atoms. The van der Waals surface area contributed by atoms with Crippen LogP contribution < -0.4 is 19.7 Å². The average molecular weight is 662 g/mol. The summed E-state index contributed by atoms with van der Waals surface area (Å²) in [5.41, 5.74) is 2.74. The van der Waals surface area contributed by atoms with E-state index in [0.29, 0.717) is 18.1 Å². The lowest BCUT2D eigenvalue weighted by atomic mass is 9.61. The van der Waals surface area contributed by atoms with Crippen molar-refractivity contribution in [3.63, 3.8) is 0 Å². The van der Waals surface area contributed by atoms with Crippen molar-refractivity contribution in [2.75, 3.05) is 51.7 Å². The van der Waals surface area contributed by atoms with Crippen LogP contribution in [-0.2, 0) is 6.42 Å². The molecule has 6 rings (SSSR count). The predicted molar refractivity (Wildman–Crippen MR) is 186 cm³/mol. The highest BCUT2D eigenvalue weighted by Crippen LogP contribution is 2.52. The van der Waals surface area contributed by atoms with Gasteiger partial charge in [0.1, 0.15) is 29.7 Å². The van der Waals surface area contributed by atoms with Gasteiger partial charge < -0.3 is 29.5 Å². The zero-order chi connectivity index (χ0) is 34.4. The van der Waals surface area contributed by atoms with E-state index in [2.05, 4.69) is 39.2 Å². The number of ether oxygens (including phenoxy) is 2. The van der Waals surface area contributed by atoms with Gasteiger partial charge in [0.05, 0.1) is 17.5 Å². The van der Waals surface area contributed by atoms with Crippen LogP contribution in [0.1, 0.15) is 88.0 Å². The van der Waals surface area contributed by atoms with Gasteiger partial charge in [-0.25, -0.2) is 14.4 Å². The molecule has 11 heteroatoms. The summed E-state index contributed by atoms with van der Waals surface area (Å²) in [6.45, 7) is 13.9. The highest BCUT2D eigenvalue weighted by atomic mass is 19.1. The second-order valence-electron chi connectivity index (χ2n) is 13.5. The van der Waals surface area contributed by atoms with E-state index in [1.165, 1.54) is 30.1 Å². The van der Waals surface area contributed by atoms with Gasteiger partial charge in [-0.3, -0.25) is 9.78 Å². The van der Waals surface area contributed by atoms with Gasteiger partial charge in [0, 0.05) is 61.9 Å². The molecule has 4 heterocycles. The lowest BCUT2D eigenvalue weighted by molar-refractivity contribution is -0.0352. The number of fused-ring (bicyclic) bond motifs is 1. The van der Waals surface area contributed by atoms with Crippen molar-refractivity contribution < 1.29 is 18.7 Å². The van der Waals surface area contributed by atoms with Crippen molar-refractivity contribution >= 4 is 11.7 Å². The van der Waals surface area contributed by atoms with Crippen molar-refractivity contribution in [3.8, 4) is 17.2 Å². The number of anilines is 1. The number of hydrogen-bond donors (Lipinski definition) is 1. The van der Waals surface area contributed by atoms with Crippen LogP contribution in [-0.4, -0.2) is 89.6 Å². The molecule has 1 aromatic carbocycles. The van der Waals surface area contributed by atoms with Crippen LogP contribution in [0.15, 0.2) is 43.0 Å². The minimum absolute atomic E-state index is 0.0352. The second kappa shape index (κ2) is 15.6. The number of nitrogens with one attached hydrogen (secondary N) is 1. The normalized spacial score (nSPS) is 18.0. The number of rotatable bonds is 12. The van der Waals surface area contributed by atoms with Crippen LogP contribution in [0.3, 0.4) is 0 Å². The van der Waals surface area contributed by atoms with Crippen LogP contribution in [0.25, 0.3) is 0 Å². The molecule has 1 aliphatic carbocycles. The molecular weight excluding hydrogens is 609 g/mol. The molecule has 1 N–H and O–H groups in total. The molecular formula is C37H52FN7O3. The third-order valence-corrected chi connectivity index (χ3v) is 9.47. The molecule has 1 atom stereocenters. The third-order valence-electron chi connectivity index (χ3n) is 9.47. The highest BCUT2D eigenvalue weighted by molar-refractivity contribution is 5.97. The fraction of sp³-hybridized carbons (Fsp3) is 0.568. The Morgan fingerprint density at radius 2 is 1.90 bits per heavy atom. The fourth-order valence-corrected chi connectivity index (χ4v) is 7.23. The fourth-order valence-electron chi connectivity index (χ4n) is 7.23. The van der Waals surface area contributed by atoms with E-state index in [4.69, 9.17) is 14.5 Å². The maximum atomic E-state index is 14.3. The quantitative estimate of drug-likeness (QED) is 0.241. The Labute approximate surface area is 285 Å². The molecule has 48 heavy (non-hydrogen) atoms. The number of carbonyl (C=O) groups excluding carboxylic acids is 1. The van der Waals surface area contributed by atoms with Crippen molar-refractivity contribution in [1.82, 2.24) is 30.1 Å². The molecule has 2 fully saturated rings. The van der Waals surface area contributed by atoms with E-state index < -0.39 is 5.82 Å². The van der Waals surface area contributed by atoms with Gasteiger partial charge >= 0.3 is 0 Å². The van der Waals surface area contributed by atoms with Gasteiger partial charge in [-0.05, 0) is 91.4 Å². The largest absolute Gasteiger partial charge is 0.490 e. The SMILES string of the molecule is CC.CCN(C(=O)c1cc(F)ccc1Oc1cncnc1N1CC2(CC(Oc3ccnc4c3C(CCCN(C)C)NCC4)C2)C1)C(C)C. The van der Waals surface area contributed by atoms with Crippen LogP contribution in [0.4, 0.5) is 10.2 Å². The molecule has 1 spiro atoms. The zero-order valence-electron chi connectivity index (χ0n) is 29.6. The summed E-state index contributed by atoms with van der Waals surface area (Å²) in [7, 11) is 4.23. The number of pyridine rings is 1. The molecule has 3 aromatic rings. The second-order valence-corrected chi connectivity index (χ2v) is 13.5. The standard InChI is InChI=1S/C35H46FN7O3.C2H6/c1-6-43(23(2)3)34(44)26-16-24(36)9-10-29(26)46-31-19-37-22-40-33(31)42-20-35(21-42)17-25(18-35)45-30-12-14-39-28-11-13-38-27(32(28)30)8-7-15-41(4)5;1-2/h9-10,12,14,16,19,22-23,25,27,38H,6-8,11,13,15,17-18,20-21H2,1-5H3;1-2H3. The summed E-state index contributed by atoms with van der Waals surface area (Å²) in [4.78, 5) is 32.9. The molecule has 0 radical (unpaired) electrons. The lowest BCUT2D eigenvalue weighted by Crippen LogP contribution is -2.65. The molecule has 1 unspecified atom stereocenters. The maximum Gasteiger partial charge on any atom is 0.257 e. The Balaban J connectivity index is 0.00000221. The summed E-state index contributed by atoms with van der Waals surface area (Å²) in [6, 6.07) is 6.30. The molecule has 2 aromatic heterocycles. The average Bonchev–Trinajstić information content (AvgIpc) is 3.04. The Hall–Kier alpha value is -3.83. The summed E-state index contributed by atoms with van der Waals surface area (Å²) in [6.07, 6.45) is 10.2. The number of nitrogens with zero attached hydrogens (tertiary/aromatic N) is 6. The van der Waals surface area contributed by atoms with Gasteiger partial charge in [-0.2, -0.15) is 0 Å². The molecule has 260 valence electrons. The summed E-state index contributed by atoms with van der Waals surface area (Å²) >= 11 is 0. The van der Waals surface area contributed by atoms with Crippen molar-refractivity contribution in [3.05, 3.63) is 65.6 Å². The first-order valence-corrected chi connectivity index (χ1v) is 17.5. The smallest absolute Gasteiger partial charge is 0.257 e. The van der Waals surface area contributed by atoms with Crippen LogP contribution in [0, 0.1) is 11.2 Å². The molecule has 2 aliphatic heterocycles. The minimum atomic E-state index is -0.491. The summed E-state index contributed by atoms with van der Waals surface area (Å²) in [5.74, 6) is 1.59. The Kier molecular flexibility index (Phi) is 11.5. The number of halogens is 1. The van der Waals surface area contributed by atoms with Gasteiger partial charge in [0.25, 0.3) is 5.91 Å². The highest BCUT2D eigenvalue weighted by Gasteiger charge is 2.54. The van der Waals surface area contributed by atoms with E-state index in [0.717, 1.165) is 69.7 Å². The Bertz CT molecular complexity index is 1540. The van der Waals surface area contributed by atoms with Gasteiger partial charge in [-0.1, -0.05) is 13.8 Å². The van der Waals surface area contributed by atoms with Crippen molar-refractivity contribution in [2.24, 2.45) is 5.41 Å². The van der Waals surface area contributed by atoms with Gasteiger partial charge in [0.2, 0.25) is 0 Å². The summed E-state index contributed by atoms with van der Waals surface area (Å²) in [5, 5.41) is 3.70. The molecule has 1 saturated carbocycles. The number of amides is 1. The zero-order valence-corrected chi connectivity index (χ0v) is 29.6. The van der Waals surface area contributed by atoms with Crippen LogP contribution >= 0.6 is 0 Å². The van der Waals surface area contributed by atoms with Crippen molar-refractivity contribution in [1.29, 1.82) is 0 Å². The number of benzene rings is 1. The Morgan fingerprint density at radius 1 is 1.12 bits per heavy atom. The number of carbonyl (C=O) groups is 1. The monoisotopic (exact) mass is 661 g/mol. The number of hydrogen-bond acceptors (Lipinski definition) is 9. The number of aromatic nitrogens is 3. The topological polar surface area (TPSA) is 96.0 Å². The maximum absolute atomic E-state index is 14.3. The lowest BCUT2D eigenvalue weighted by Gasteiger charge is -2.59. The van der Waals surface area contributed by atoms with E-state index >= 15 is 0 Å². The molecule has 3 aliphatic rings. The Morgan fingerprint density at radius 3 is 2.60 bits per heavy atom. The van der Waals surface area contributed by atoms with E-state index in [-0.39, 0.29) is 40.8 Å². The van der Waals surface area contributed by atoms with Crippen LogP contribution in [0.5, 0.6) is 17.2 Å². The predicted octanol–water partition coefficient (Wildman–Crippen LogP) is 6.28. The molecule has 10 nitrogen and oxygen atoms in total. The van der Waals surface area contributed by atoms with Gasteiger partial charge in [0.15, 0.2) is 11.6 Å². The third kappa shape index (κ3) is 7.73. The first-order valence-electron chi connectivity index (χ1n) is 17.5. The first-order chi connectivity index (χ1) is 23.2. The van der Waals surface area contributed by atoms with E-state index in [1.807, 2.05) is 46.9 Å². The minimum Gasteiger partial charge on any atom is -0.490 e. The van der Waals surface area contributed by atoms with E-state index in [1.54, 1.807) is 11.1 Å².